The third-order valence-corrected chi connectivity index (χ3v) is 1.72. The molecule has 3 nitrogen and oxygen atoms in total. The molecule has 1 aliphatic heterocycles. The molecule has 0 aromatic heterocycles. The Morgan fingerprint density at radius 3 is 3.10 bits per heavy atom. The van der Waals surface area contributed by atoms with Crippen LogP contribution in [-0.2, 0) is 4.79 Å². The van der Waals surface area contributed by atoms with Crippen LogP contribution in [0.1, 0.15) is 13.3 Å². The molecule has 0 fully saturated rings. The van der Waals surface area contributed by atoms with E-state index < -0.39 is 0 Å². The number of aliphatic hydroxyl groups excluding tert-OH is 1. The van der Waals surface area contributed by atoms with Gasteiger partial charge in [0.25, 0.3) is 0 Å². The van der Waals surface area contributed by atoms with Gasteiger partial charge in [0.05, 0.1) is 11.8 Å². The molecule has 1 rings (SSSR count). The van der Waals surface area contributed by atoms with Gasteiger partial charge in [0.15, 0.2) is 0 Å². The molecule has 0 aromatic rings. The number of carbonyl (C=O) groups excluding carboxylic acids is 1. The molecule has 0 saturated carbocycles. The van der Waals surface area contributed by atoms with E-state index in [0.29, 0.717) is 18.7 Å². The van der Waals surface area contributed by atoms with Crippen molar-refractivity contribution < 1.29 is 9.90 Å². The number of rotatable bonds is 1. The molecule has 0 aromatic carbocycles. The lowest BCUT2D eigenvalue weighted by Gasteiger charge is -2.26. The molecule has 1 atom stereocenters. The van der Waals surface area contributed by atoms with Crippen LogP contribution >= 0.6 is 0 Å². The second kappa shape index (κ2) is 2.73. The molecule has 56 valence electrons. The summed E-state index contributed by atoms with van der Waals surface area (Å²) in [5, 5.41) is 9.01. The predicted octanol–water partition coefficient (Wildman–Crippen LogP) is 0.679. The maximum absolute atomic E-state index is 10.3. The fourth-order valence-electron chi connectivity index (χ4n) is 1.05. The molecule has 0 bridgehead atoms. The van der Waals surface area contributed by atoms with E-state index in [1.807, 2.05) is 6.92 Å². The molecular formula is C7H11NO2. The molecule has 1 amide bonds. The van der Waals surface area contributed by atoms with Gasteiger partial charge < -0.3 is 10.0 Å². The fraction of sp³-hybridized carbons (Fsp3) is 0.571. The van der Waals surface area contributed by atoms with Crippen LogP contribution in [0.5, 0.6) is 0 Å². The van der Waals surface area contributed by atoms with Gasteiger partial charge >= 0.3 is 0 Å². The summed E-state index contributed by atoms with van der Waals surface area (Å²) in [6.07, 6.45) is 3.09. The maximum atomic E-state index is 10.3. The lowest BCUT2D eigenvalue weighted by atomic mass is 10.1. The van der Waals surface area contributed by atoms with Crippen LogP contribution in [-0.4, -0.2) is 29.0 Å². The SMILES string of the molecule is CC1C=C(O)CCN1C=O. The van der Waals surface area contributed by atoms with Gasteiger partial charge in [0.2, 0.25) is 6.41 Å². The summed E-state index contributed by atoms with van der Waals surface area (Å²) in [6.45, 7) is 2.51. The summed E-state index contributed by atoms with van der Waals surface area (Å²) in [4.78, 5) is 11.9. The molecule has 1 N–H and O–H groups in total. The van der Waals surface area contributed by atoms with Crippen LogP contribution in [0.25, 0.3) is 0 Å². The Kier molecular flexibility index (Phi) is 1.94. The monoisotopic (exact) mass is 141 g/mol. The zero-order valence-corrected chi connectivity index (χ0v) is 5.95. The average Bonchev–Trinajstić information content (AvgIpc) is 1.88. The van der Waals surface area contributed by atoms with Crippen LogP contribution < -0.4 is 0 Å². The minimum absolute atomic E-state index is 0.0475. The highest BCUT2D eigenvalue weighted by Gasteiger charge is 2.15. The lowest BCUT2D eigenvalue weighted by Crippen LogP contribution is -2.34. The van der Waals surface area contributed by atoms with Crippen LogP contribution in [0.3, 0.4) is 0 Å². The predicted molar refractivity (Wildman–Crippen MR) is 37.6 cm³/mol. The smallest absolute Gasteiger partial charge is 0.210 e. The van der Waals surface area contributed by atoms with E-state index in [4.69, 9.17) is 5.11 Å². The Labute approximate surface area is 59.9 Å². The van der Waals surface area contributed by atoms with E-state index in [0.717, 1.165) is 6.41 Å². The first-order valence-electron chi connectivity index (χ1n) is 3.34. The summed E-state index contributed by atoms with van der Waals surface area (Å²) in [6, 6.07) is 0.0475. The summed E-state index contributed by atoms with van der Waals surface area (Å²) >= 11 is 0. The van der Waals surface area contributed by atoms with Crippen molar-refractivity contribution in [3.63, 3.8) is 0 Å². The largest absolute Gasteiger partial charge is 0.513 e. The Morgan fingerprint density at radius 1 is 1.90 bits per heavy atom. The molecule has 0 spiro atoms. The number of amides is 1. The third kappa shape index (κ3) is 1.29. The van der Waals surface area contributed by atoms with E-state index in [1.54, 1.807) is 11.0 Å². The quantitative estimate of drug-likeness (QED) is 0.545. The van der Waals surface area contributed by atoms with Crippen LogP contribution in [0.2, 0.25) is 0 Å². The van der Waals surface area contributed by atoms with E-state index in [2.05, 4.69) is 0 Å². The standard InChI is InChI=1S/C7H11NO2/c1-6-4-7(10)2-3-8(6)5-9/h4-6,10H,2-3H2,1H3. The van der Waals surface area contributed by atoms with Crippen molar-refractivity contribution in [3.05, 3.63) is 11.8 Å². The van der Waals surface area contributed by atoms with Gasteiger partial charge in [0.1, 0.15) is 0 Å². The van der Waals surface area contributed by atoms with Crippen molar-refractivity contribution in [1.82, 2.24) is 4.90 Å². The molecule has 0 aliphatic carbocycles. The van der Waals surface area contributed by atoms with Gasteiger partial charge in [-0.15, -0.1) is 0 Å². The number of hydrogen-bond acceptors (Lipinski definition) is 2. The normalized spacial score (nSPS) is 25.9. The number of hydrogen-bond donors (Lipinski definition) is 1. The molecule has 1 heterocycles. The van der Waals surface area contributed by atoms with Crippen molar-refractivity contribution in [2.24, 2.45) is 0 Å². The molecule has 0 saturated heterocycles. The summed E-state index contributed by atoms with van der Waals surface area (Å²) in [7, 11) is 0. The Bertz CT molecular complexity index is 165. The molecular weight excluding hydrogens is 130 g/mol. The topological polar surface area (TPSA) is 40.5 Å². The van der Waals surface area contributed by atoms with Gasteiger partial charge in [-0.2, -0.15) is 0 Å². The van der Waals surface area contributed by atoms with Crippen molar-refractivity contribution in [2.75, 3.05) is 6.54 Å². The maximum Gasteiger partial charge on any atom is 0.210 e. The summed E-state index contributed by atoms with van der Waals surface area (Å²) in [5.41, 5.74) is 0. The fourth-order valence-corrected chi connectivity index (χ4v) is 1.05. The molecule has 1 unspecified atom stereocenters. The first kappa shape index (κ1) is 7.12. The molecule has 1 aliphatic rings. The average molecular weight is 141 g/mol. The molecule has 10 heavy (non-hydrogen) atoms. The highest BCUT2D eigenvalue weighted by atomic mass is 16.3. The van der Waals surface area contributed by atoms with Gasteiger partial charge in [-0.05, 0) is 13.0 Å². The number of nitrogens with zero attached hydrogens (tertiary/aromatic N) is 1. The number of aliphatic hydroxyl groups is 1. The Hall–Kier alpha value is -0.990. The highest BCUT2D eigenvalue weighted by molar-refractivity contribution is 5.49. The second-order valence-electron chi connectivity index (χ2n) is 2.49. The van der Waals surface area contributed by atoms with Gasteiger partial charge in [-0.25, -0.2) is 0 Å². The zero-order valence-electron chi connectivity index (χ0n) is 5.95. The van der Waals surface area contributed by atoms with E-state index in [-0.39, 0.29) is 6.04 Å². The van der Waals surface area contributed by atoms with Crippen molar-refractivity contribution in [3.8, 4) is 0 Å². The molecule has 0 radical (unpaired) electrons. The van der Waals surface area contributed by atoms with Crippen molar-refractivity contribution in [2.45, 2.75) is 19.4 Å². The lowest BCUT2D eigenvalue weighted by molar-refractivity contribution is -0.119. The van der Waals surface area contributed by atoms with E-state index >= 15 is 0 Å². The van der Waals surface area contributed by atoms with Crippen molar-refractivity contribution in [1.29, 1.82) is 0 Å². The minimum Gasteiger partial charge on any atom is -0.513 e. The van der Waals surface area contributed by atoms with Gasteiger partial charge in [-0.3, -0.25) is 4.79 Å². The summed E-state index contributed by atoms with van der Waals surface area (Å²) in [5.74, 6) is 0.394. The van der Waals surface area contributed by atoms with Crippen LogP contribution in [0, 0.1) is 0 Å². The first-order chi connectivity index (χ1) is 4.74. The van der Waals surface area contributed by atoms with E-state index in [1.165, 1.54) is 0 Å². The second-order valence-corrected chi connectivity index (χ2v) is 2.49. The van der Waals surface area contributed by atoms with Gasteiger partial charge in [-0.1, -0.05) is 0 Å². The van der Waals surface area contributed by atoms with Crippen molar-refractivity contribution >= 4 is 6.41 Å². The van der Waals surface area contributed by atoms with Gasteiger partial charge in [0, 0.05) is 13.0 Å². The Morgan fingerprint density at radius 2 is 2.60 bits per heavy atom. The van der Waals surface area contributed by atoms with E-state index in [9.17, 15) is 4.79 Å². The Balaban J connectivity index is 2.63. The third-order valence-electron chi connectivity index (χ3n) is 1.72. The number of carbonyl (C=O) groups is 1. The highest BCUT2D eigenvalue weighted by Crippen LogP contribution is 2.11. The van der Waals surface area contributed by atoms with Crippen LogP contribution in [0.4, 0.5) is 0 Å². The minimum atomic E-state index is 0.0475. The summed E-state index contributed by atoms with van der Waals surface area (Å²) < 4.78 is 0. The first-order valence-corrected chi connectivity index (χ1v) is 3.34. The molecule has 3 heteroatoms. The zero-order chi connectivity index (χ0) is 7.56. The van der Waals surface area contributed by atoms with Crippen LogP contribution in [0.15, 0.2) is 11.8 Å².